The monoisotopic (exact) mass is 318 g/mol. The first kappa shape index (κ1) is 15.7. The molecule has 0 bridgehead atoms. The molecule has 3 aromatic rings. The second-order valence-corrected chi connectivity index (χ2v) is 5.41. The number of phenols is 1. The maximum atomic E-state index is 9.34. The Morgan fingerprint density at radius 3 is 2.42 bits per heavy atom. The van der Waals surface area contributed by atoms with Gasteiger partial charge in [0.1, 0.15) is 17.4 Å². The van der Waals surface area contributed by atoms with Gasteiger partial charge in [-0.05, 0) is 43.7 Å². The van der Waals surface area contributed by atoms with Gasteiger partial charge in [0.05, 0.1) is 11.4 Å². The Hall–Kier alpha value is -3.21. The van der Waals surface area contributed by atoms with Gasteiger partial charge in [-0.1, -0.05) is 30.3 Å². The molecule has 2 N–H and O–H groups in total. The van der Waals surface area contributed by atoms with Gasteiger partial charge in [-0.2, -0.15) is 5.10 Å². The normalized spacial score (nSPS) is 11.3. The average molecular weight is 318 g/mol. The quantitative estimate of drug-likeness (QED) is 0.563. The Kier molecular flexibility index (Phi) is 4.52. The van der Waals surface area contributed by atoms with Gasteiger partial charge in [0.15, 0.2) is 0 Å². The van der Waals surface area contributed by atoms with Crippen molar-refractivity contribution in [2.75, 3.05) is 5.43 Å². The number of hydrazone groups is 1. The number of rotatable bonds is 4. The second-order valence-electron chi connectivity index (χ2n) is 5.41. The standard InChI is InChI=1S/C19H18N4O/c1-13(15-8-10-17(24)11-9-15)22-23-19-12-18(20-14(2)21-19)16-6-4-3-5-7-16/h3-12,24H,1-2H3,(H,20,21,23). The van der Waals surface area contributed by atoms with Crippen molar-refractivity contribution < 1.29 is 5.11 Å². The molecule has 24 heavy (non-hydrogen) atoms. The molecule has 120 valence electrons. The molecule has 0 aliphatic rings. The van der Waals surface area contributed by atoms with E-state index in [1.54, 1.807) is 12.1 Å². The van der Waals surface area contributed by atoms with Crippen LogP contribution in [0.1, 0.15) is 18.3 Å². The van der Waals surface area contributed by atoms with Crippen LogP contribution < -0.4 is 5.43 Å². The highest BCUT2D eigenvalue weighted by atomic mass is 16.3. The maximum absolute atomic E-state index is 9.34. The molecular weight excluding hydrogens is 300 g/mol. The smallest absolute Gasteiger partial charge is 0.150 e. The Labute approximate surface area is 140 Å². The number of aryl methyl sites for hydroxylation is 1. The van der Waals surface area contributed by atoms with Crippen LogP contribution in [-0.2, 0) is 0 Å². The van der Waals surface area contributed by atoms with Gasteiger partial charge >= 0.3 is 0 Å². The summed E-state index contributed by atoms with van der Waals surface area (Å²) < 4.78 is 0. The van der Waals surface area contributed by atoms with Gasteiger partial charge in [0, 0.05) is 11.6 Å². The molecule has 2 aromatic carbocycles. The molecule has 0 fully saturated rings. The summed E-state index contributed by atoms with van der Waals surface area (Å²) in [5, 5.41) is 13.7. The van der Waals surface area contributed by atoms with Gasteiger partial charge in [-0.25, -0.2) is 9.97 Å². The van der Waals surface area contributed by atoms with Gasteiger partial charge in [0.2, 0.25) is 0 Å². The van der Waals surface area contributed by atoms with E-state index in [0.717, 1.165) is 22.5 Å². The number of anilines is 1. The predicted octanol–water partition coefficient (Wildman–Crippen LogP) is 3.99. The van der Waals surface area contributed by atoms with E-state index in [0.29, 0.717) is 11.6 Å². The fourth-order valence-corrected chi connectivity index (χ4v) is 2.29. The van der Waals surface area contributed by atoms with Gasteiger partial charge in [-0.15, -0.1) is 0 Å². The first-order valence-corrected chi connectivity index (χ1v) is 7.62. The van der Waals surface area contributed by atoms with Crippen LogP contribution in [0.15, 0.2) is 65.8 Å². The molecule has 0 aliphatic carbocycles. The van der Waals surface area contributed by atoms with Crippen LogP contribution in [0.25, 0.3) is 11.3 Å². The molecule has 0 radical (unpaired) electrons. The minimum atomic E-state index is 0.235. The number of phenolic OH excluding ortho intramolecular Hbond substituents is 1. The Bertz CT molecular complexity index is 858. The molecule has 0 atom stereocenters. The van der Waals surface area contributed by atoms with Crippen molar-refractivity contribution in [2.45, 2.75) is 13.8 Å². The molecule has 0 saturated heterocycles. The largest absolute Gasteiger partial charge is 0.508 e. The number of aromatic nitrogens is 2. The molecule has 0 aliphatic heterocycles. The van der Waals surface area contributed by atoms with E-state index in [1.165, 1.54) is 0 Å². The van der Waals surface area contributed by atoms with Gasteiger partial charge in [0.25, 0.3) is 0 Å². The van der Waals surface area contributed by atoms with Crippen LogP contribution in [0.5, 0.6) is 5.75 Å². The first-order chi connectivity index (χ1) is 11.6. The lowest BCUT2D eigenvalue weighted by Gasteiger charge is -2.07. The predicted molar refractivity (Wildman–Crippen MR) is 96.1 cm³/mol. The molecule has 5 nitrogen and oxygen atoms in total. The number of benzene rings is 2. The summed E-state index contributed by atoms with van der Waals surface area (Å²) in [7, 11) is 0. The zero-order valence-corrected chi connectivity index (χ0v) is 13.6. The van der Waals surface area contributed by atoms with E-state index >= 15 is 0 Å². The molecule has 0 saturated carbocycles. The fourth-order valence-electron chi connectivity index (χ4n) is 2.29. The SMILES string of the molecule is CC(=NNc1cc(-c2ccccc2)nc(C)n1)c1ccc(O)cc1. The third kappa shape index (κ3) is 3.76. The van der Waals surface area contributed by atoms with Crippen molar-refractivity contribution in [3.63, 3.8) is 0 Å². The summed E-state index contributed by atoms with van der Waals surface area (Å²) in [4.78, 5) is 8.84. The summed E-state index contributed by atoms with van der Waals surface area (Å²) >= 11 is 0. The lowest BCUT2D eigenvalue weighted by Crippen LogP contribution is -2.02. The third-order valence-electron chi connectivity index (χ3n) is 3.53. The van der Waals surface area contributed by atoms with E-state index in [4.69, 9.17) is 0 Å². The number of aromatic hydroxyl groups is 1. The molecule has 1 heterocycles. The van der Waals surface area contributed by atoms with Crippen LogP contribution in [-0.4, -0.2) is 20.8 Å². The van der Waals surface area contributed by atoms with Crippen molar-refractivity contribution in [1.29, 1.82) is 0 Å². The Morgan fingerprint density at radius 2 is 1.71 bits per heavy atom. The van der Waals surface area contributed by atoms with Crippen LogP contribution in [0, 0.1) is 6.92 Å². The highest BCUT2D eigenvalue weighted by molar-refractivity contribution is 5.99. The summed E-state index contributed by atoms with van der Waals surface area (Å²) in [5.41, 5.74) is 6.59. The maximum Gasteiger partial charge on any atom is 0.150 e. The lowest BCUT2D eigenvalue weighted by molar-refractivity contribution is 0.475. The average Bonchev–Trinajstić information content (AvgIpc) is 2.60. The van der Waals surface area contributed by atoms with Crippen molar-refractivity contribution >= 4 is 11.5 Å². The molecular formula is C19H18N4O. The number of nitrogens with one attached hydrogen (secondary N) is 1. The zero-order valence-electron chi connectivity index (χ0n) is 13.6. The Morgan fingerprint density at radius 1 is 1.00 bits per heavy atom. The number of hydrogen-bond acceptors (Lipinski definition) is 5. The minimum Gasteiger partial charge on any atom is -0.508 e. The van der Waals surface area contributed by atoms with Crippen LogP contribution in [0.4, 0.5) is 5.82 Å². The van der Waals surface area contributed by atoms with E-state index in [2.05, 4.69) is 20.5 Å². The number of hydrogen-bond donors (Lipinski definition) is 2. The van der Waals surface area contributed by atoms with Gasteiger partial charge < -0.3 is 5.11 Å². The third-order valence-corrected chi connectivity index (χ3v) is 3.53. The van der Waals surface area contributed by atoms with Crippen molar-refractivity contribution in [3.05, 3.63) is 72.1 Å². The molecule has 5 heteroatoms. The molecule has 0 spiro atoms. The fraction of sp³-hybridized carbons (Fsp3) is 0.105. The summed E-state index contributed by atoms with van der Waals surface area (Å²) in [5.74, 6) is 1.55. The van der Waals surface area contributed by atoms with Crippen LogP contribution in [0.2, 0.25) is 0 Å². The van der Waals surface area contributed by atoms with Gasteiger partial charge in [-0.3, -0.25) is 5.43 Å². The number of nitrogens with zero attached hydrogens (tertiary/aromatic N) is 3. The first-order valence-electron chi connectivity index (χ1n) is 7.62. The van der Waals surface area contributed by atoms with E-state index in [9.17, 15) is 5.11 Å². The van der Waals surface area contributed by atoms with Crippen molar-refractivity contribution in [2.24, 2.45) is 5.10 Å². The van der Waals surface area contributed by atoms with Crippen molar-refractivity contribution in [3.8, 4) is 17.0 Å². The zero-order chi connectivity index (χ0) is 16.9. The molecule has 1 aromatic heterocycles. The molecule has 0 unspecified atom stereocenters. The topological polar surface area (TPSA) is 70.4 Å². The van der Waals surface area contributed by atoms with Crippen LogP contribution >= 0.6 is 0 Å². The second kappa shape index (κ2) is 6.91. The molecule has 3 rings (SSSR count). The van der Waals surface area contributed by atoms with E-state index < -0.39 is 0 Å². The summed E-state index contributed by atoms with van der Waals surface area (Å²) in [6, 6.07) is 18.7. The van der Waals surface area contributed by atoms with E-state index in [1.807, 2.05) is 62.4 Å². The minimum absolute atomic E-state index is 0.235. The van der Waals surface area contributed by atoms with E-state index in [-0.39, 0.29) is 5.75 Å². The summed E-state index contributed by atoms with van der Waals surface area (Å²) in [6.45, 7) is 3.75. The molecule has 0 amide bonds. The van der Waals surface area contributed by atoms with Crippen LogP contribution in [0.3, 0.4) is 0 Å². The van der Waals surface area contributed by atoms with Crippen molar-refractivity contribution in [1.82, 2.24) is 9.97 Å². The highest BCUT2D eigenvalue weighted by Crippen LogP contribution is 2.19. The Balaban J connectivity index is 1.84. The highest BCUT2D eigenvalue weighted by Gasteiger charge is 2.04. The lowest BCUT2D eigenvalue weighted by atomic mass is 10.1. The summed E-state index contributed by atoms with van der Waals surface area (Å²) in [6.07, 6.45) is 0.